The van der Waals surface area contributed by atoms with E-state index in [0.29, 0.717) is 0 Å². The molecule has 3 aliphatic carbocycles. The van der Waals surface area contributed by atoms with E-state index in [4.69, 9.17) is 0 Å². The van der Waals surface area contributed by atoms with E-state index < -0.39 is 22.9 Å². The molecule has 2 fully saturated rings. The van der Waals surface area contributed by atoms with Gasteiger partial charge in [-0.2, -0.15) is 0 Å². The number of allylic oxidation sites excluding steroid dienone is 5. The van der Waals surface area contributed by atoms with Crippen LogP contribution in [-0.4, -0.2) is 12.3 Å². The summed E-state index contributed by atoms with van der Waals surface area (Å²) in [6, 6.07) is 9.23. The van der Waals surface area contributed by atoms with Gasteiger partial charge < -0.3 is 24.8 Å². The molecule has 23 heavy (non-hydrogen) atoms. The minimum atomic E-state index is -0.663. The fraction of sp³-hybridized carbons (Fsp3) is 0.368. The molecule has 1 heterocycles. The van der Waals surface area contributed by atoms with Crippen LogP contribution in [0.3, 0.4) is 0 Å². The summed E-state index contributed by atoms with van der Waals surface area (Å²) in [4.78, 5) is 0. The Kier molecular flexibility index (Phi) is 5.44. The van der Waals surface area contributed by atoms with Gasteiger partial charge in [-0.25, -0.2) is 0 Å². The third kappa shape index (κ3) is 2.71. The van der Waals surface area contributed by atoms with Crippen LogP contribution in [0.2, 0.25) is 3.67 Å². The van der Waals surface area contributed by atoms with Gasteiger partial charge in [0.2, 0.25) is 0 Å². The zero-order valence-electron chi connectivity index (χ0n) is 13.0. The first-order valence-corrected chi connectivity index (χ1v) is 14.0. The van der Waals surface area contributed by atoms with Crippen molar-refractivity contribution in [3.8, 4) is 0 Å². The summed E-state index contributed by atoms with van der Waals surface area (Å²) in [6.07, 6.45) is 13.7. The smallest absolute Gasteiger partial charge is 1.00 e. The van der Waals surface area contributed by atoms with Crippen LogP contribution in [0.1, 0.15) is 21.2 Å². The van der Waals surface area contributed by atoms with E-state index in [1.54, 1.807) is 11.1 Å². The van der Waals surface area contributed by atoms with Crippen LogP contribution in [0.5, 0.6) is 0 Å². The largest absolute Gasteiger partial charge is 1.00 e. The molecule has 0 amide bonds. The number of hydrogen-bond donors (Lipinski definition) is 0. The summed E-state index contributed by atoms with van der Waals surface area (Å²) < 4.78 is 2.04. The first-order chi connectivity index (χ1) is 10.3. The molecule has 1 aromatic rings. The van der Waals surface area contributed by atoms with Crippen LogP contribution < -0.4 is 24.8 Å². The molecule has 0 nitrogen and oxygen atoms in total. The van der Waals surface area contributed by atoms with Gasteiger partial charge in [0, 0.05) is 0 Å². The molecule has 1 aromatic carbocycles. The summed E-state index contributed by atoms with van der Waals surface area (Å²) in [7, 11) is 0.0863. The number of benzene rings is 1. The normalized spacial score (nSPS) is 37.7. The first kappa shape index (κ1) is 18.1. The van der Waals surface area contributed by atoms with E-state index in [1.807, 2.05) is 5.31 Å². The van der Waals surface area contributed by atoms with Crippen LogP contribution in [0.4, 0.5) is 0 Å². The van der Waals surface area contributed by atoms with Crippen molar-refractivity contribution in [2.75, 3.05) is 6.66 Å². The van der Waals surface area contributed by atoms with Crippen LogP contribution in [0.15, 0.2) is 53.9 Å². The van der Waals surface area contributed by atoms with Gasteiger partial charge in [0.05, 0.1) is 0 Å². The monoisotopic (exact) mass is 528 g/mol. The molecule has 0 spiro atoms. The van der Waals surface area contributed by atoms with Gasteiger partial charge in [-0.3, -0.25) is 0 Å². The van der Waals surface area contributed by atoms with Gasteiger partial charge in [-0.15, -0.1) is 0 Å². The molecular weight excluding hydrogens is 509 g/mol. The maximum absolute atomic E-state index is 2.59. The number of halogens is 2. The molecule has 4 heteroatoms. The maximum Gasteiger partial charge on any atom is -1.00 e. The van der Waals surface area contributed by atoms with Crippen molar-refractivity contribution in [2.45, 2.75) is 19.4 Å². The van der Waals surface area contributed by atoms with E-state index in [9.17, 15) is 0 Å². The zero-order valence-corrected chi connectivity index (χ0v) is 19.0. The molecule has 0 N–H and O–H groups in total. The quantitative estimate of drug-likeness (QED) is 0.307. The molecule has 0 bridgehead atoms. The Morgan fingerprint density at radius 3 is 2.74 bits per heavy atom. The second-order valence-corrected chi connectivity index (χ2v) is 14.8. The van der Waals surface area contributed by atoms with Gasteiger partial charge in [0.15, 0.2) is 0 Å². The van der Waals surface area contributed by atoms with Crippen molar-refractivity contribution in [2.24, 2.45) is 11.8 Å². The van der Waals surface area contributed by atoms with Gasteiger partial charge >= 0.3 is 140 Å². The molecule has 6 atom stereocenters. The third-order valence-electron chi connectivity index (χ3n) is 5.81. The summed E-state index contributed by atoms with van der Waals surface area (Å²) in [5.41, 5.74) is 4.29. The average Bonchev–Trinajstić information content (AvgIpc) is 3.07. The molecule has 4 aliphatic rings. The predicted molar refractivity (Wildman–Crippen MR) is 87.4 cm³/mol. The fourth-order valence-electron chi connectivity index (χ4n) is 4.77. The molecule has 1 saturated carbocycles. The number of hydrogen-bond acceptors (Lipinski definition) is 0. The minimum absolute atomic E-state index is 0. The molecular formula is C19H19Cl2HfP. The Hall–Kier alpha value is 0.320. The summed E-state index contributed by atoms with van der Waals surface area (Å²) in [6.45, 7) is 2.59. The SMILES string of the molecule is CP1C2=Cc3ccccc3[CH]2[Hf+2][CH]2C3C=CC=CC3CC21.[Cl-].[Cl-]. The average molecular weight is 528 g/mol. The molecule has 1 aliphatic heterocycles. The van der Waals surface area contributed by atoms with E-state index in [1.165, 1.54) is 6.42 Å². The minimum Gasteiger partial charge on any atom is -1.00 e. The Bertz CT molecular complexity index is 696. The second-order valence-electron chi connectivity index (χ2n) is 6.75. The van der Waals surface area contributed by atoms with Crippen molar-refractivity contribution in [1.82, 2.24) is 0 Å². The molecule has 6 unspecified atom stereocenters. The molecule has 0 aromatic heterocycles. The van der Waals surface area contributed by atoms with Gasteiger partial charge in [0.25, 0.3) is 0 Å². The van der Waals surface area contributed by atoms with Crippen molar-refractivity contribution >= 4 is 14.0 Å². The Labute approximate surface area is 163 Å². The summed E-state index contributed by atoms with van der Waals surface area (Å²) in [5.74, 6) is 1.78. The Balaban J connectivity index is 0.000000781. The first-order valence-electron chi connectivity index (χ1n) is 7.97. The molecule has 5 rings (SSSR count). The Morgan fingerprint density at radius 1 is 1.09 bits per heavy atom. The van der Waals surface area contributed by atoms with Crippen molar-refractivity contribution in [1.29, 1.82) is 0 Å². The van der Waals surface area contributed by atoms with Gasteiger partial charge in [-0.1, -0.05) is 0 Å². The van der Waals surface area contributed by atoms with Crippen molar-refractivity contribution in [3.63, 3.8) is 0 Å². The Morgan fingerprint density at radius 2 is 1.87 bits per heavy atom. The number of fused-ring (bicyclic) bond motifs is 6. The maximum atomic E-state index is 2.59. The third-order valence-corrected chi connectivity index (χ3v) is 18.1. The summed E-state index contributed by atoms with van der Waals surface area (Å²) in [5, 5.41) is 1.88. The van der Waals surface area contributed by atoms with Crippen LogP contribution in [0, 0.1) is 11.8 Å². The van der Waals surface area contributed by atoms with E-state index >= 15 is 0 Å². The number of rotatable bonds is 0. The topological polar surface area (TPSA) is 0 Å². The van der Waals surface area contributed by atoms with E-state index in [2.05, 4.69) is 61.3 Å². The van der Waals surface area contributed by atoms with E-state index in [-0.39, 0.29) is 32.7 Å². The van der Waals surface area contributed by atoms with Gasteiger partial charge in [0.1, 0.15) is 0 Å². The predicted octanol–water partition coefficient (Wildman–Crippen LogP) is -0.783. The standard InChI is InChI=1S/C19H19P.2ClH.Hf/c1-20(18-10-14-6-2-3-7-15(14)11-18)19-12-16-8-4-5-9-17(16)13-19;;;/h2-12,16-17,19H,13H2,1H3;2*1H;/q;;;+2/p-2. The molecule has 1 saturated heterocycles. The van der Waals surface area contributed by atoms with Crippen LogP contribution >= 0.6 is 7.92 Å². The van der Waals surface area contributed by atoms with Crippen LogP contribution in [0.25, 0.3) is 6.08 Å². The van der Waals surface area contributed by atoms with Crippen LogP contribution in [-0.2, 0) is 22.9 Å². The molecule has 118 valence electrons. The zero-order chi connectivity index (χ0) is 14.0. The van der Waals surface area contributed by atoms with Crippen molar-refractivity contribution in [3.05, 3.63) is 65.0 Å². The fourth-order valence-corrected chi connectivity index (χ4v) is 20.5. The summed E-state index contributed by atoms with van der Waals surface area (Å²) >= 11 is -0.663. The second kappa shape index (κ2) is 6.91. The van der Waals surface area contributed by atoms with Crippen molar-refractivity contribution < 1.29 is 47.7 Å². The molecule has 0 radical (unpaired) electrons. The van der Waals surface area contributed by atoms with Gasteiger partial charge in [-0.05, 0) is 0 Å². The van der Waals surface area contributed by atoms with E-state index in [0.717, 1.165) is 24.8 Å².